The first kappa shape index (κ1) is 16.6. The van der Waals surface area contributed by atoms with Crippen molar-refractivity contribution in [2.24, 2.45) is 5.41 Å². The summed E-state index contributed by atoms with van der Waals surface area (Å²) in [5, 5.41) is 3.16. The number of nitrogens with zero attached hydrogens (tertiary/aromatic N) is 4. The third-order valence-electron chi connectivity index (χ3n) is 4.97. The number of likely N-dealkylation sites (tertiary alicyclic amines) is 1. The molecule has 0 N–H and O–H groups in total. The van der Waals surface area contributed by atoms with Gasteiger partial charge in [-0.3, -0.25) is 14.7 Å². The molecule has 1 amide bonds. The van der Waals surface area contributed by atoms with Crippen LogP contribution in [0.1, 0.15) is 21.9 Å². The van der Waals surface area contributed by atoms with Crippen LogP contribution in [-0.4, -0.2) is 65.1 Å². The molecule has 2 aromatic rings. The average Bonchev–Trinajstić information content (AvgIpc) is 3.23. The minimum absolute atomic E-state index is 0.00356. The predicted molar refractivity (Wildman–Crippen MR) is 95.4 cm³/mol. The van der Waals surface area contributed by atoms with Crippen molar-refractivity contribution >= 4 is 17.2 Å². The molecule has 0 aliphatic carbocycles. The van der Waals surface area contributed by atoms with Gasteiger partial charge in [0.25, 0.3) is 5.91 Å². The highest BCUT2D eigenvalue weighted by molar-refractivity contribution is 7.09. The highest BCUT2D eigenvalue weighted by Gasteiger charge is 2.42. The summed E-state index contributed by atoms with van der Waals surface area (Å²) < 4.78 is 5.88. The Labute approximate surface area is 151 Å². The Hall–Kier alpha value is -1.83. The molecule has 0 radical (unpaired) electrons. The second kappa shape index (κ2) is 7.19. The van der Waals surface area contributed by atoms with Crippen LogP contribution in [-0.2, 0) is 11.3 Å². The zero-order valence-corrected chi connectivity index (χ0v) is 15.0. The molecule has 25 heavy (non-hydrogen) atoms. The van der Waals surface area contributed by atoms with Gasteiger partial charge in [-0.15, -0.1) is 11.3 Å². The van der Waals surface area contributed by atoms with Crippen molar-refractivity contribution in [1.29, 1.82) is 0 Å². The van der Waals surface area contributed by atoms with Gasteiger partial charge in [0.05, 0.1) is 19.8 Å². The molecule has 0 aromatic carbocycles. The molecule has 4 heterocycles. The number of ether oxygens (including phenoxy) is 1. The van der Waals surface area contributed by atoms with E-state index >= 15 is 0 Å². The number of carbonyl (C=O) groups is 1. The lowest BCUT2D eigenvalue weighted by Gasteiger charge is -2.31. The van der Waals surface area contributed by atoms with Gasteiger partial charge >= 0.3 is 0 Å². The van der Waals surface area contributed by atoms with E-state index in [1.807, 2.05) is 28.6 Å². The molecule has 1 unspecified atom stereocenters. The van der Waals surface area contributed by atoms with Gasteiger partial charge in [0.1, 0.15) is 10.7 Å². The zero-order valence-electron chi connectivity index (χ0n) is 14.1. The van der Waals surface area contributed by atoms with Gasteiger partial charge < -0.3 is 9.64 Å². The van der Waals surface area contributed by atoms with E-state index in [0.29, 0.717) is 25.5 Å². The maximum atomic E-state index is 12.8. The normalized spacial score (nSPS) is 24.6. The fourth-order valence-electron chi connectivity index (χ4n) is 3.75. The van der Waals surface area contributed by atoms with Gasteiger partial charge in [-0.2, -0.15) is 0 Å². The van der Waals surface area contributed by atoms with E-state index in [2.05, 4.69) is 14.9 Å². The summed E-state index contributed by atoms with van der Waals surface area (Å²) in [5.74, 6) is 0.00356. The number of carbonyl (C=O) groups excluding carboxylic acids is 1. The van der Waals surface area contributed by atoms with E-state index in [4.69, 9.17) is 4.74 Å². The Morgan fingerprint density at radius 3 is 3.00 bits per heavy atom. The standard InChI is InChI=1S/C18H22N4O2S/c23-17(15-3-1-2-5-19-15)22-8-9-24-14-18(13-22)4-7-21(12-18)11-16-20-6-10-25-16/h1-3,5-6,10H,4,7-9,11-14H2. The van der Waals surface area contributed by atoms with Crippen LogP contribution in [0, 0.1) is 5.41 Å². The lowest BCUT2D eigenvalue weighted by atomic mass is 9.87. The molecule has 2 saturated heterocycles. The summed E-state index contributed by atoms with van der Waals surface area (Å²) in [6.45, 7) is 5.52. The number of aromatic nitrogens is 2. The molecule has 132 valence electrons. The van der Waals surface area contributed by atoms with Gasteiger partial charge in [-0.25, -0.2) is 4.98 Å². The minimum atomic E-state index is 0.00356. The van der Waals surface area contributed by atoms with Gasteiger partial charge in [-0.1, -0.05) is 6.07 Å². The summed E-state index contributed by atoms with van der Waals surface area (Å²) >= 11 is 1.69. The Bertz CT molecular complexity index is 709. The molecule has 2 aromatic heterocycles. The Kier molecular flexibility index (Phi) is 4.78. The van der Waals surface area contributed by atoms with Gasteiger partial charge in [0.15, 0.2) is 0 Å². The topological polar surface area (TPSA) is 58.6 Å². The summed E-state index contributed by atoms with van der Waals surface area (Å²) in [6.07, 6.45) is 4.57. The SMILES string of the molecule is O=C(c1ccccn1)N1CCOCC2(CCN(Cc3nccs3)C2)C1. The molecule has 0 saturated carbocycles. The molecular weight excluding hydrogens is 336 g/mol. The number of rotatable bonds is 3. The van der Waals surface area contributed by atoms with Gasteiger partial charge in [0.2, 0.25) is 0 Å². The van der Waals surface area contributed by atoms with E-state index in [9.17, 15) is 4.79 Å². The molecule has 1 atom stereocenters. The maximum absolute atomic E-state index is 12.8. The zero-order chi connectivity index (χ0) is 17.1. The largest absolute Gasteiger partial charge is 0.379 e. The van der Waals surface area contributed by atoms with Crippen molar-refractivity contribution in [2.45, 2.75) is 13.0 Å². The van der Waals surface area contributed by atoms with Crippen molar-refractivity contribution < 1.29 is 9.53 Å². The van der Waals surface area contributed by atoms with Crippen LogP contribution in [0.25, 0.3) is 0 Å². The molecule has 0 bridgehead atoms. The second-order valence-corrected chi connectivity index (χ2v) is 7.86. The Morgan fingerprint density at radius 1 is 1.24 bits per heavy atom. The van der Waals surface area contributed by atoms with Crippen molar-refractivity contribution in [3.8, 4) is 0 Å². The van der Waals surface area contributed by atoms with Crippen molar-refractivity contribution in [3.63, 3.8) is 0 Å². The number of hydrogen-bond donors (Lipinski definition) is 0. The van der Waals surface area contributed by atoms with Crippen LogP contribution in [0.5, 0.6) is 0 Å². The van der Waals surface area contributed by atoms with E-state index in [1.165, 1.54) is 0 Å². The first-order valence-corrected chi connectivity index (χ1v) is 9.51. The Balaban J connectivity index is 1.46. The lowest BCUT2D eigenvalue weighted by Crippen LogP contribution is -2.43. The van der Waals surface area contributed by atoms with Crippen LogP contribution in [0.15, 0.2) is 36.0 Å². The van der Waals surface area contributed by atoms with Crippen LogP contribution in [0.2, 0.25) is 0 Å². The van der Waals surface area contributed by atoms with E-state index in [-0.39, 0.29) is 11.3 Å². The van der Waals surface area contributed by atoms with E-state index in [0.717, 1.165) is 37.6 Å². The predicted octanol–water partition coefficient (Wildman–Crippen LogP) is 1.90. The summed E-state index contributed by atoms with van der Waals surface area (Å²) in [6, 6.07) is 5.47. The molecule has 7 heteroatoms. The van der Waals surface area contributed by atoms with Crippen molar-refractivity contribution in [3.05, 3.63) is 46.7 Å². The van der Waals surface area contributed by atoms with Gasteiger partial charge in [-0.05, 0) is 25.1 Å². The van der Waals surface area contributed by atoms with E-state index < -0.39 is 0 Å². The summed E-state index contributed by atoms with van der Waals surface area (Å²) in [4.78, 5) is 25.8. The Morgan fingerprint density at radius 2 is 2.20 bits per heavy atom. The highest BCUT2D eigenvalue weighted by Crippen LogP contribution is 2.34. The van der Waals surface area contributed by atoms with E-state index in [1.54, 1.807) is 23.6 Å². The molecular formula is C18H22N4O2S. The monoisotopic (exact) mass is 358 g/mol. The summed E-state index contributed by atoms with van der Waals surface area (Å²) in [5.41, 5.74) is 0.523. The maximum Gasteiger partial charge on any atom is 0.272 e. The van der Waals surface area contributed by atoms with Crippen molar-refractivity contribution in [2.75, 3.05) is 39.4 Å². The minimum Gasteiger partial charge on any atom is -0.379 e. The second-order valence-electron chi connectivity index (χ2n) is 6.88. The number of hydrogen-bond acceptors (Lipinski definition) is 6. The molecule has 2 aliphatic heterocycles. The number of thiazole rings is 1. The van der Waals surface area contributed by atoms with Crippen LogP contribution < -0.4 is 0 Å². The molecule has 4 rings (SSSR count). The smallest absolute Gasteiger partial charge is 0.272 e. The quantitative estimate of drug-likeness (QED) is 0.839. The first-order valence-electron chi connectivity index (χ1n) is 8.63. The highest BCUT2D eigenvalue weighted by atomic mass is 32.1. The van der Waals surface area contributed by atoms with Crippen LogP contribution in [0.3, 0.4) is 0 Å². The number of amides is 1. The average molecular weight is 358 g/mol. The van der Waals surface area contributed by atoms with Crippen molar-refractivity contribution in [1.82, 2.24) is 19.8 Å². The van der Waals surface area contributed by atoms with Gasteiger partial charge in [0, 0.05) is 42.8 Å². The third-order valence-corrected chi connectivity index (χ3v) is 5.74. The number of pyridine rings is 1. The van der Waals surface area contributed by atoms with Crippen LogP contribution >= 0.6 is 11.3 Å². The van der Waals surface area contributed by atoms with Crippen LogP contribution in [0.4, 0.5) is 0 Å². The fourth-order valence-corrected chi connectivity index (χ4v) is 4.41. The molecule has 2 aliphatic rings. The molecule has 2 fully saturated rings. The third kappa shape index (κ3) is 3.73. The first-order chi connectivity index (χ1) is 12.2. The summed E-state index contributed by atoms with van der Waals surface area (Å²) in [7, 11) is 0. The lowest BCUT2D eigenvalue weighted by molar-refractivity contribution is 0.0641. The fraction of sp³-hybridized carbons (Fsp3) is 0.500. The molecule has 1 spiro atoms. The molecule has 6 nitrogen and oxygen atoms in total.